The summed E-state index contributed by atoms with van der Waals surface area (Å²) in [5.74, 6) is 2.51. The van der Waals surface area contributed by atoms with Gasteiger partial charge in [0.25, 0.3) is 0 Å². The molecular weight excluding hydrogens is 318 g/mol. The van der Waals surface area contributed by atoms with Crippen molar-refractivity contribution in [3.05, 3.63) is 40.8 Å². The molecular formula is C15H18BrN3O. The number of ether oxygens (including phenoxy) is 1. The van der Waals surface area contributed by atoms with Crippen molar-refractivity contribution in [1.82, 2.24) is 9.97 Å². The molecule has 20 heavy (non-hydrogen) atoms. The van der Waals surface area contributed by atoms with E-state index in [2.05, 4.69) is 32.8 Å². The number of benzene rings is 1. The number of hydrogen-bond donors (Lipinski definition) is 0. The average Bonchev–Trinajstić information content (AvgIpc) is 2.46. The zero-order valence-corrected chi connectivity index (χ0v) is 13.5. The van der Waals surface area contributed by atoms with Gasteiger partial charge in [-0.2, -0.15) is 0 Å². The lowest BCUT2D eigenvalue weighted by molar-refractivity contribution is 0.415. The van der Waals surface area contributed by atoms with E-state index in [1.165, 1.54) is 0 Å². The molecule has 106 valence electrons. The summed E-state index contributed by atoms with van der Waals surface area (Å²) >= 11 is 3.45. The summed E-state index contributed by atoms with van der Waals surface area (Å²) < 4.78 is 6.20. The quantitative estimate of drug-likeness (QED) is 0.775. The summed E-state index contributed by atoms with van der Waals surface area (Å²) in [5.41, 5.74) is 0.975. The summed E-state index contributed by atoms with van der Waals surface area (Å²) in [7, 11) is 3.65. The van der Waals surface area contributed by atoms with Crippen LogP contribution in [0, 0.1) is 0 Å². The van der Waals surface area contributed by atoms with E-state index in [9.17, 15) is 0 Å². The zero-order valence-electron chi connectivity index (χ0n) is 11.9. The lowest BCUT2D eigenvalue weighted by Crippen LogP contribution is -2.14. The van der Waals surface area contributed by atoms with Crippen molar-refractivity contribution < 1.29 is 4.74 Å². The molecule has 0 aliphatic heterocycles. The van der Waals surface area contributed by atoms with E-state index < -0.39 is 0 Å². The normalized spacial score (nSPS) is 10.4. The third-order valence-electron chi connectivity index (χ3n) is 2.99. The third kappa shape index (κ3) is 3.28. The Balaban J connectivity index is 2.39. The Kier molecular flexibility index (Phi) is 4.95. The summed E-state index contributed by atoms with van der Waals surface area (Å²) in [4.78, 5) is 11.0. The molecule has 0 spiro atoms. The fraction of sp³-hybridized carbons (Fsp3) is 0.333. The van der Waals surface area contributed by atoms with Gasteiger partial charge in [-0.1, -0.05) is 19.1 Å². The predicted octanol–water partition coefficient (Wildman–Crippen LogP) is 3.97. The molecule has 1 aromatic carbocycles. The minimum absolute atomic E-state index is 0.799. The second-order valence-corrected chi connectivity index (χ2v) is 5.26. The number of nitrogens with zero attached hydrogens (tertiary/aromatic N) is 3. The van der Waals surface area contributed by atoms with Gasteiger partial charge >= 0.3 is 0 Å². The third-order valence-corrected chi connectivity index (χ3v) is 3.40. The van der Waals surface area contributed by atoms with Crippen LogP contribution in [0.5, 0.6) is 5.75 Å². The van der Waals surface area contributed by atoms with Crippen LogP contribution in [0.25, 0.3) is 0 Å². The highest BCUT2D eigenvalue weighted by atomic mass is 79.9. The Morgan fingerprint density at radius 3 is 2.70 bits per heavy atom. The molecule has 0 atom stereocenters. The molecule has 0 amide bonds. The number of para-hydroxylation sites is 2. The van der Waals surface area contributed by atoms with Crippen LogP contribution in [0.1, 0.15) is 19.2 Å². The van der Waals surface area contributed by atoms with Crippen molar-refractivity contribution in [2.75, 3.05) is 19.1 Å². The number of aromatic nitrogens is 2. The average molecular weight is 336 g/mol. The SMILES string of the molecule is CCCc1nc(Br)cc(N(C)c2ccccc2OC)n1. The largest absolute Gasteiger partial charge is 0.495 e. The van der Waals surface area contributed by atoms with Gasteiger partial charge < -0.3 is 9.64 Å². The van der Waals surface area contributed by atoms with Crippen molar-refractivity contribution in [3.63, 3.8) is 0 Å². The Bertz CT molecular complexity index is 589. The molecule has 1 heterocycles. The van der Waals surface area contributed by atoms with E-state index in [0.717, 1.165) is 40.5 Å². The van der Waals surface area contributed by atoms with Gasteiger partial charge in [0.1, 0.15) is 22.0 Å². The van der Waals surface area contributed by atoms with Crippen LogP contribution in [0.2, 0.25) is 0 Å². The van der Waals surface area contributed by atoms with E-state index in [1.807, 2.05) is 42.3 Å². The Morgan fingerprint density at radius 1 is 1.25 bits per heavy atom. The van der Waals surface area contributed by atoms with Crippen molar-refractivity contribution >= 4 is 27.4 Å². The molecule has 0 bridgehead atoms. The Labute approximate surface area is 127 Å². The van der Waals surface area contributed by atoms with Gasteiger partial charge in [-0.15, -0.1) is 0 Å². The number of hydrogen-bond acceptors (Lipinski definition) is 4. The van der Waals surface area contributed by atoms with Gasteiger partial charge in [-0.05, 0) is 34.5 Å². The van der Waals surface area contributed by atoms with Crippen molar-refractivity contribution in [1.29, 1.82) is 0 Å². The van der Waals surface area contributed by atoms with Gasteiger partial charge in [0.15, 0.2) is 0 Å². The maximum Gasteiger partial charge on any atom is 0.142 e. The predicted molar refractivity (Wildman–Crippen MR) is 84.8 cm³/mol. The van der Waals surface area contributed by atoms with Crippen molar-refractivity contribution in [2.45, 2.75) is 19.8 Å². The van der Waals surface area contributed by atoms with E-state index in [4.69, 9.17) is 4.74 Å². The monoisotopic (exact) mass is 335 g/mol. The molecule has 0 N–H and O–H groups in total. The highest BCUT2D eigenvalue weighted by Crippen LogP contribution is 2.31. The minimum atomic E-state index is 0.799. The van der Waals surface area contributed by atoms with Gasteiger partial charge in [-0.25, -0.2) is 9.97 Å². The Hall–Kier alpha value is -1.62. The molecule has 4 nitrogen and oxygen atoms in total. The summed E-state index contributed by atoms with van der Waals surface area (Å²) in [5, 5.41) is 0. The van der Waals surface area contributed by atoms with Crippen LogP contribution in [-0.4, -0.2) is 24.1 Å². The van der Waals surface area contributed by atoms with E-state index in [1.54, 1.807) is 7.11 Å². The molecule has 0 radical (unpaired) electrons. The molecule has 0 unspecified atom stereocenters. The standard InChI is InChI=1S/C15H18BrN3O/c1-4-7-14-17-13(16)10-15(18-14)19(2)11-8-5-6-9-12(11)20-3/h5-6,8-10H,4,7H2,1-3H3. The van der Waals surface area contributed by atoms with Crippen LogP contribution >= 0.6 is 15.9 Å². The van der Waals surface area contributed by atoms with Crippen LogP contribution in [0.3, 0.4) is 0 Å². The lowest BCUT2D eigenvalue weighted by atomic mass is 10.2. The maximum absolute atomic E-state index is 5.40. The first-order valence-electron chi connectivity index (χ1n) is 6.56. The second-order valence-electron chi connectivity index (χ2n) is 4.45. The summed E-state index contributed by atoms with van der Waals surface area (Å²) in [6, 6.07) is 9.79. The number of rotatable bonds is 5. The topological polar surface area (TPSA) is 38.2 Å². The summed E-state index contributed by atoms with van der Waals surface area (Å²) in [6.45, 7) is 2.12. The smallest absolute Gasteiger partial charge is 0.142 e. The first-order valence-corrected chi connectivity index (χ1v) is 7.35. The van der Waals surface area contributed by atoms with Gasteiger partial charge in [0, 0.05) is 19.5 Å². The fourth-order valence-electron chi connectivity index (χ4n) is 1.99. The molecule has 0 aliphatic carbocycles. The molecule has 0 fully saturated rings. The fourth-order valence-corrected chi connectivity index (χ4v) is 2.40. The van der Waals surface area contributed by atoms with Crippen LogP contribution in [-0.2, 0) is 6.42 Å². The number of halogens is 1. The first kappa shape index (κ1) is 14.8. The van der Waals surface area contributed by atoms with Gasteiger partial charge in [-0.3, -0.25) is 0 Å². The molecule has 0 saturated heterocycles. The second kappa shape index (κ2) is 6.70. The van der Waals surface area contributed by atoms with E-state index in [-0.39, 0.29) is 0 Å². The number of anilines is 2. The molecule has 2 aromatic rings. The highest BCUT2D eigenvalue weighted by Gasteiger charge is 2.12. The molecule has 2 rings (SSSR count). The van der Waals surface area contributed by atoms with Crippen LogP contribution < -0.4 is 9.64 Å². The van der Waals surface area contributed by atoms with Gasteiger partial charge in [0.2, 0.25) is 0 Å². The first-order chi connectivity index (χ1) is 9.65. The molecule has 1 aromatic heterocycles. The summed E-state index contributed by atoms with van der Waals surface area (Å²) in [6.07, 6.45) is 1.89. The molecule has 5 heteroatoms. The number of methoxy groups -OCH3 is 1. The lowest BCUT2D eigenvalue weighted by Gasteiger charge is -2.21. The zero-order chi connectivity index (χ0) is 14.5. The van der Waals surface area contributed by atoms with Crippen molar-refractivity contribution in [2.24, 2.45) is 0 Å². The van der Waals surface area contributed by atoms with Gasteiger partial charge in [0.05, 0.1) is 12.8 Å². The van der Waals surface area contributed by atoms with Crippen LogP contribution in [0.4, 0.5) is 11.5 Å². The maximum atomic E-state index is 5.40. The number of aryl methyl sites for hydroxylation is 1. The molecule has 0 aliphatic rings. The van der Waals surface area contributed by atoms with Crippen LogP contribution in [0.15, 0.2) is 34.9 Å². The van der Waals surface area contributed by atoms with E-state index >= 15 is 0 Å². The van der Waals surface area contributed by atoms with Crippen molar-refractivity contribution in [3.8, 4) is 5.75 Å². The minimum Gasteiger partial charge on any atom is -0.495 e. The molecule has 0 saturated carbocycles. The highest BCUT2D eigenvalue weighted by molar-refractivity contribution is 9.10. The Morgan fingerprint density at radius 2 is 2.00 bits per heavy atom. The van der Waals surface area contributed by atoms with E-state index in [0.29, 0.717) is 0 Å².